The zero-order valence-corrected chi connectivity index (χ0v) is 17.2. The molecule has 1 aromatic carbocycles. The van der Waals surface area contributed by atoms with Crippen LogP contribution in [0.15, 0.2) is 18.2 Å². The number of hydrogen-bond acceptors (Lipinski definition) is 3. The molecule has 1 rings (SSSR count). The summed E-state index contributed by atoms with van der Waals surface area (Å²) in [4.78, 5) is 10.6. The van der Waals surface area contributed by atoms with E-state index in [9.17, 15) is 9.90 Å². The molecule has 0 amide bonds. The van der Waals surface area contributed by atoms with E-state index in [-0.39, 0.29) is 11.5 Å². The van der Waals surface area contributed by atoms with Crippen LogP contribution in [0.5, 0.6) is 11.5 Å². The number of aromatic hydroxyl groups is 1. The third-order valence-electron chi connectivity index (χ3n) is 4.36. The monoisotopic (exact) mass is 462 g/mol. The van der Waals surface area contributed by atoms with Crippen molar-refractivity contribution in [2.45, 2.75) is 77.0 Å². The average molecular weight is 462 g/mol. The molecule has 4 nitrogen and oxygen atoms in total. The van der Waals surface area contributed by atoms with E-state index in [1.165, 1.54) is 68.3 Å². The fourth-order valence-corrected chi connectivity index (χ4v) is 3.49. The number of phenols is 1. The number of aryl methyl sites for hydroxylation is 1. The maximum Gasteiger partial charge on any atom is 0.511 e. The van der Waals surface area contributed by atoms with Crippen LogP contribution in [-0.4, -0.2) is 20.8 Å². The van der Waals surface area contributed by atoms with Crippen molar-refractivity contribution < 1.29 is 19.7 Å². The van der Waals surface area contributed by atoms with Gasteiger partial charge in [-0.1, -0.05) is 92.5 Å². The van der Waals surface area contributed by atoms with Gasteiger partial charge in [0, 0.05) is 0 Å². The van der Waals surface area contributed by atoms with Crippen LogP contribution in [0.3, 0.4) is 0 Å². The number of unbranched alkanes of at least 4 members (excludes halogenated alkanes) is 10. The molecule has 25 heavy (non-hydrogen) atoms. The summed E-state index contributed by atoms with van der Waals surface area (Å²) in [5.41, 5.74) is 0.755. The van der Waals surface area contributed by atoms with Crippen molar-refractivity contribution in [3.63, 3.8) is 0 Å². The Balaban J connectivity index is 2.06. The molecule has 1 aromatic rings. The van der Waals surface area contributed by atoms with Gasteiger partial charge in [0.25, 0.3) is 0 Å². The lowest BCUT2D eigenvalue weighted by Crippen LogP contribution is -2.03. The number of hydrogen-bond donors (Lipinski definition) is 2. The van der Waals surface area contributed by atoms with Gasteiger partial charge in [0.2, 0.25) is 0 Å². The molecule has 0 heterocycles. The van der Waals surface area contributed by atoms with E-state index in [0.717, 1.165) is 24.8 Å². The van der Waals surface area contributed by atoms with Crippen LogP contribution >= 0.6 is 22.6 Å². The third kappa shape index (κ3) is 10.6. The topological polar surface area (TPSA) is 66.8 Å². The fourth-order valence-electron chi connectivity index (χ4n) is 2.95. The molecule has 0 fully saturated rings. The van der Waals surface area contributed by atoms with E-state index in [0.29, 0.717) is 0 Å². The zero-order chi connectivity index (χ0) is 18.3. The SMILES string of the molecule is O=C(O)Oc1cccc(CCCCCCCCCCCCCI)c1O. The lowest BCUT2D eigenvalue weighted by Gasteiger charge is -2.08. The molecule has 0 aliphatic carbocycles. The van der Waals surface area contributed by atoms with Gasteiger partial charge in [-0.25, -0.2) is 4.79 Å². The Morgan fingerprint density at radius 3 is 1.92 bits per heavy atom. The summed E-state index contributed by atoms with van der Waals surface area (Å²) in [6.45, 7) is 0. The van der Waals surface area contributed by atoms with E-state index in [4.69, 9.17) is 5.11 Å². The van der Waals surface area contributed by atoms with Gasteiger partial charge in [0.1, 0.15) is 0 Å². The lowest BCUT2D eigenvalue weighted by atomic mass is 10.0. The highest BCUT2D eigenvalue weighted by Gasteiger charge is 2.10. The molecule has 0 atom stereocenters. The van der Waals surface area contributed by atoms with Gasteiger partial charge in [-0.15, -0.1) is 0 Å². The number of phenolic OH excluding ortho intramolecular Hbond substituents is 1. The number of carbonyl (C=O) groups is 1. The van der Waals surface area contributed by atoms with Gasteiger partial charge in [-0.05, 0) is 35.3 Å². The highest BCUT2D eigenvalue weighted by Crippen LogP contribution is 2.31. The Kier molecular flexibility index (Phi) is 12.5. The smallest absolute Gasteiger partial charge is 0.504 e. The normalized spacial score (nSPS) is 10.8. The maximum atomic E-state index is 10.6. The number of rotatable bonds is 14. The predicted molar refractivity (Wildman–Crippen MR) is 110 cm³/mol. The Bertz CT molecular complexity index is 491. The summed E-state index contributed by atoms with van der Waals surface area (Å²) >= 11 is 2.45. The second-order valence-electron chi connectivity index (χ2n) is 6.46. The quantitative estimate of drug-likeness (QED) is 0.106. The molecule has 2 N–H and O–H groups in total. The highest BCUT2D eigenvalue weighted by molar-refractivity contribution is 14.1. The third-order valence-corrected chi connectivity index (χ3v) is 5.12. The molecule has 0 aromatic heterocycles. The van der Waals surface area contributed by atoms with E-state index in [1.54, 1.807) is 6.07 Å². The second-order valence-corrected chi connectivity index (χ2v) is 7.54. The summed E-state index contributed by atoms with van der Waals surface area (Å²) < 4.78 is 5.85. The molecule has 0 saturated carbocycles. The van der Waals surface area contributed by atoms with Crippen LogP contribution in [-0.2, 0) is 6.42 Å². The first-order valence-corrected chi connectivity index (χ1v) is 10.9. The van der Waals surface area contributed by atoms with Crippen LogP contribution in [0.2, 0.25) is 0 Å². The number of halogens is 1. The maximum absolute atomic E-state index is 10.6. The Hall–Kier alpha value is -0.980. The molecule has 0 bridgehead atoms. The molecule has 5 heteroatoms. The van der Waals surface area contributed by atoms with Crippen LogP contribution in [0.25, 0.3) is 0 Å². The first-order valence-electron chi connectivity index (χ1n) is 9.42. The molecule has 0 saturated heterocycles. The standard InChI is InChI=1S/C20H31IO4/c21-16-11-9-7-5-3-1-2-4-6-8-10-13-17-14-12-15-18(19(17)22)25-20(23)24/h12,14-15,22H,1-11,13,16H2,(H,23,24). The van der Waals surface area contributed by atoms with Crippen molar-refractivity contribution in [2.75, 3.05) is 4.43 Å². The summed E-state index contributed by atoms with van der Waals surface area (Å²) in [7, 11) is 0. The summed E-state index contributed by atoms with van der Waals surface area (Å²) in [6.07, 6.45) is 13.5. The first-order chi connectivity index (χ1) is 12.1. The molecule has 0 radical (unpaired) electrons. The van der Waals surface area contributed by atoms with E-state index < -0.39 is 6.16 Å². The van der Waals surface area contributed by atoms with Crippen molar-refractivity contribution in [2.24, 2.45) is 0 Å². The van der Waals surface area contributed by atoms with Gasteiger partial charge >= 0.3 is 6.16 Å². The molecule has 0 spiro atoms. The molecule has 0 aliphatic rings. The van der Waals surface area contributed by atoms with E-state index in [2.05, 4.69) is 27.3 Å². The molecule has 0 aliphatic heterocycles. The van der Waals surface area contributed by atoms with Crippen LogP contribution in [0, 0.1) is 0 Å². The van der Waals surface area contributed by atoms with E-state index in [1.807, 2.05) is 6.07 Å². The second kappa shape index (κ2) is 14.2. The molecular formula is C20H31IO4. The lowest BCUT2D eigenvalue weighted by molar-refractivity contribution is 0.143. The average Bonchev–Trinajstić information content (AvgIpc) is 2.58. The van der Waals surface area contributed by atoms with Gasteiger partial charge in [0.05, 0.1) is 0 Å². The minimum Gasteiger partial charge on any atom is -0.504 e. The van der Waals surface area contributed by atoms with Gasteiger partial charge in [0.15, 0.2) is 11.5 Å². The zero-order valence-electron chi connectivity index (χ0n) is 15.0. The van der Waals surface area contributed by atoms with E-state index >= 15 is 0 Å². The number of benzene rings is 1. The summed E-state index contributed by atoms with van der Waals surface area (Å²) in [5, 5.41) is 18.7. The highest BCUT2D eigenvalue weighted by atomic mass is 127. The van der Waals surface area contributed by atoms with Crippen molar-refractivity contribution in [1.29, 1.82) is 0 Å². The number of ether oxygens (including phenoxy) is 1. The fraction of sp³-hybridized carbons (Fsp3) is 0.650. The number of carboxylic acid groups (broad SMARTS) is 1. The predicted octanol–water partition coefficient (Wildman–Crippen LogP) is 6.72. The van der Waals surface area contributed by atoms with Crippen LogP contribution in [0.4, 0.5) is 4.79 Å². The van der Waals surface area contributed by atoms with Gasteiger partial charge in [-0.2, -0.15) is 0 Å². The van der Waals surface area contributed by atoms with Crippen LogP contribution < -0.4 is 4.74 Å². The molecule has 142 valence electrons. The molecule has 0 unspecified atom stereocenters. The summed E-state index contributed by atoms with van der Waals surface area (Å²) in [6, 6.07) is 5.00. The Morgan fingerprint density at radius 1 is 0.880 bits per heavy atom. The van der Waals surface area contributed by atoms with Crippen molar-refractivity contribution in [3.05, 3.63) is 23.8 Å². The Labute approximate surface area is 165 Å². The van der Waals surface area contributed by atoms with Gasteiger partial charge < -0.3 is 14.9 Å². The van der Waals surface area contributed by atoms with Crippen molar-refractivity contribution >= 4 is 28.7 Å². The van der Waals surface area contributed by atoms with Gasteiger partial charge in [-0.3, -0.25) is 0 Å². The summed E-state index contributed by atoms with van der Waals surface area (Å²) in [5.74, 6) is -0.0315. The minimum atomic E-state index is -1.41. The Morgan fingerprint density at radius 2 is 1.40 bits per heavy atom. The molecular weight excluding hydrogens is 431 g/mol. The first kappa shape index (κ1) is 22.1. The van der Waals surface area contributed by atoms with Crippen LogP contribution in [0.1, 0.15) is 76.2 Å². The van der Waals surface area contributed by atoms with Crippen molar-refractivity contribution in [1.82, 2.24) is 0 Å². The van der Waals surface area contributed by atoms with Crippen molar-refractivity contribution in [3.8, 4) is 11.5 Å². The number of alkyl halides is 1. The largest absolute Gasteiger partial charge is 0.511 e. The number of para-hydroxylation sites is 1. The minimum absolute atomic E-state index is 0.0171.